The van der Waals surface area contributed by atoms with Crippen LogP contribution >= 0.6 is 34.8 Å². The normalized spacial score (nSPS) is 11.4. The Bertz CT molecular complexity index is 1600. The van der Waals surface area contributed by atoms with Gasteiger partial charge in [0.15, 0.2) is 5.58 Å². The molecule has 0 radical (unpaired) electrons. The largest absolute Gasteiger partial charge is 0.457 e. The van der Waals surface area contributed by atoms with Gasteiger partial charge in [-0.2, -0.15) is 0 Å². The van der Waals surface area contributed by atoms with Gasteiger partial charge in [0.2, 0.25) is 11.8 Å². The fraction of sp³-hybridized carbons (Fsp3) is 0.0370. The van der Waals surface area contributed by atoms with Crippen LogP contribution in [0.4, 0.5) is 5.69 Å². The van der Waals surface area contributed by atoms with E-state index in [1.54, 1.807) is 42.5 Å². The predicted octanol–water partition coefficient (Wildman–Crippen LogP) is 8.68. The van der Waals surface area contributed by atoms with Crippen molar-refractivity contribution in [3.63, 3.8) is 0 Å². The molecule has 0 aliphatic rings. The number of fused-ring (bicyclic) bond motifs is 1. The molecule has 1 amide bonds. The lowest BCUT2D eigenvalue weighted by molar-refractivity contribution is -0.111. The monoisotopic (exact) mass is 522 g/mol. The van der Waals surface area contributed by atoms with E-state index in [2.05, 4.69) is 10.3 Å². The van der Waals surface area contributed by atoms with Gasteiger partial charge in [0.05, 0.1) is 5.02 Å². The first kappa shape index (κ1) is 23.2. The van der Waals surface area contributed by atoms with Crippen LogP contribution in [0.2, 0.25) is 15.1 Å². The first-order valence-electron chi connectivity index (χ1n) is 10.6. The van der Waals surface area contributed by atoms with Crippen LogP contribution in [0.1, 0.15) is 11.3 Å². The maximum Gasteiger partial charge on any atom is 0.248 e. The molecule has 5 aromatic rings. The summed E-state index contributed by atoms with van der Waals surface area (Å²) in [4.78, 5) is 16.9. The second-order valence-electron chi connectivity index (χ2n) is 7.82. The highest BCUT2D eigenvalue weighted by molar-refractivity contribution is 6.38. The van der Waals surface area contributed by atoms with E-state index in [4.69, 9.17) is 43.6 Å². The summed E-state index contributed by atoms with van der Waals surface area (Å²) in [5, 5.41) is 4.35. The molecular formula is C27H17Cl3N2O3. The van der Waals surface area contributed by atoms with E-state index in [0.29, 0.717) is 54.8 Å². The number of halogens is 3. The second kappa shape index (κ2) is 9.62. The maximum atomic E-state index is 12.5. The number of amides is 1. The first-order chi connectivity index (χ1) is 16.9. The van der Waals surface area contributed by atoms with Crippen molar-refractivity contribution < 1.29 is 13.6 Å². The number of anilines is 1. The number of nitrogens with one attached hydrogen (secondary N) is 1. The molecule has 1 N–H and O–H groups in total. The van der Waals surface area contributed by atoms with E-state index in [9.17, 15) is 4.79 Å². The number of aromatic nitrogens is 1. The number of aryl methyl sites for hydroxylation is 1. The van der Waals surface area contributed by atoms with Crippen LogP contribution in [-0.2, 0) is 4.79 Å². The molecule has 0 atom stereocenters. The highest BCUT2D eigenvalue weighted by atomic mass is 35.5. The van der Waals surface area contributed by atoms with E-state index < -0.39 is 0 Å². The fourth-order valence-corrected chi connectivity index (χ4v) is 4.20. The smallest absolute Gasteiger partial charge is 0.248 e. The molecule has 0 unspecified atom stereocenters. The number of oxazole rings is 1. The van der Waals surface area contributed by atoms with Gasteiger partial charge in [-0.05, 0) is 67.1 Å². The van der Waals surface area contributed by atoms with Crippen molar-refractivity contribution in [2.75, 3.05) is 5.32 Å². The highest BCUT2D eigenvalue weighted by Crippen LogP contribution is 2.32. The SMILES string of the molecule is Cc1ccc(-c2ccc(C=CC(=O)Nc3cccc(-c4nc5cc(Cl)cc(Cl)c5o4)c3)o2)cc1Cl. The van der Waals surface area contributed by atoms with Gasteiger partial charge < -0.3 is 14.2 Å². The first-order valence-corrected chi connectivity index (χ1v) is 11.7. The lowest BCUT2D eigenvalue weighted by Gasteiger charge is -2.03. The average Bonchev–Trinajstić information content (AvgIpc) is 3.47. The Labute approximate surface area is 215 Å². The minimum absolute atomic E-state index is 0.314. The second-order valence-corrected chi connectivity index (χ2v) is 9.08. The summed E-state index contributed by atoms with van der Waals surface area (Å²) in [7, 11) is 0. The summed E-state index contributed by atoms with van der Waals surface area (Å²) in [5.74, 6) is 1.27. The van der Waals surface area contributed by atoms with Crippen LogP contribution in [0.5, 0.6) is 0 Å². The summed E-state index contributed by atoms with van der Waals surface area (Å²) < 4.78 is 11.6. The number of carbonyl (C=O) groups is 1. The molecule has 0 aliphatic heterocycles. The Balaban J connectivity index is 1.29. The molecule has 0 bridgehead atoms. The Hall–Kier alpha value is -3.51. The van der Waals surface area contributed by atoms with Gasteiger partial charge in [-0.25, -0.2) is 4.98 Å². The van der Waals surface area contributed by atoms with Crippen molar-refractivity contribution in [3.05, 3.63) is 99.2 Å². The molecule has 0 spiro atoms. The standard InChI is InChI=1S/C27H17Cl3N2O3/c1-15-5-6-16(12-21(15)29)24-9-7-20(34-24)8-10-25(33)31-19-4-2-3-17(11-19)27-32-23-14-18(28)13-22(30)26(23)35-27/h2-14H,1H3,(H,31,33). The number of benzene rings is 3. The van der Waals surface area contributed by atoms with Crippen molar-refractivity contribution in [1.82, 2.24) is 4.98 Å². The van der Waals surface area contributed by atoms with Crippen molar-refractivity contribution in [1.29, 1.82) is 0 Å². The number of rotatable bonds is 5. The quantitative estimate of drug-likeness (QED) is 0.234. The van der Waals surface area contributed by atoms with Crippen molar-refractivity contribution in [2.45, 2.75) is 6.92 Å². The number of nitrogens with zero attached hydrogens (tertiary/aromatic N) is 1. The summed E-state index contributed by atoms with van der Waals surface area (Å²) in [5.41, 5.74) is 4.13. The van der Waals surface area contributed by atoms with Crippen LogP contribution in [-0.4, -0.2) is 10.9 Å². The number of hydrogen-bond acceptors (Lipinski definition) is 4. The third-order valence-electron chi connectivity index (χ3n) is 5.27. The Kier molecular flexibility index (Phi) is 6.39. The molecule has 0 fully saturated rings. The van der Waals surface area contributed by atoms with Crippen molar-refractivity contribution in [3.8, 4) is 22.8 Å². The van der Waals surface area contributed by atoms with E-state index in [1.165, 1.54) is 6.08 Å². The molecular weight excluding hydrogens is 507 g/mol. The molecule has 35 heavy (non-hydrogen) atoms. The lowest BCUT2D eigenvalue weighted by Crippen LogP contribution is -2.07. The molecule has 0 saturated carbocycles. The van der Waals surface area contributed by atoms with Crippen molar-refractivity contribution in [2.24, 2.45) is 0 Å². The van der Waals surface area contributed by atoms with Gasteiger partial charge in [-0.3, -0.25) is 4.79 Å². The molecule has 174 valence electrons. The molecule has 8 heteroatoms. The zero-order valence-electron chi connectivity index (χ0n) is 18.3. The third kappa shape index (κ3) is 5.13. The van der Waals surface area contributed by atoms with Crippen LogP contribution in [0.3, 0.4) is 0 Å². The molecule has 5 nitrogen and oxygen atoms in total. The summed E-state index contributed by atoms with van der Waals surface area (Å²) >= 11 is 18.5. The Morgan fingerprint density at radius 2 is 1.77 bits per heavy atom. The highest BCUT2D eigenvalue weighted by Gasteiger charge is 2.13. The Morgan fingerprint density at radius 1 is 0.914 bits per heavy atom. The summed E-state index contributed by atoms with van der Waals surface area (Å²) in [6.45, 7) is 1.94. The zero-order valence-corrected chi connectivity index (χ0v) is 20.6. The van der Waals surface area contributed by atoms with Gasteiger partial charge >= 0.3 is 0 Å². The van der Waals surface area contributed by atoms with Crippen LogP contribution < -0.4 is 5.32 Å². The number of carbonyl (C=O) groups excluding carboxylic acids is 1. The fourth-order valence-electron chi connectivity index (χ4n) is 3.50. The average molecular weight is 524 g/mol. The minimum atomic E-state index is -0.314. The van der Waals surface area contributed by atoms with E-state index >= 15 is 0 Å². The predicted molar refractivity (Wildman–Crippen MR) is 141 cm³/mol. The molecule has 5 rings (SSSR count). The van der Waals surface area contributed by atoms with Crippen LogP contribution in [0.15, 0.2) is 81.6 Å². The number of furan rings is 1. The summed E-state index contributed by atoms with van der Waals surface area (Å²) in [6.07, 6.45) is 3.00. The molecule has 0 aliphatic carbocycles. The van der Waals surface area contributed by atoms with Crippen molar-refractivity contribution >= 4 is 63.6 Å². The van der Waals surface area contributed by atoms with Gasteiger partial charge in [-0.1, -0.05) is 53.0 Å². The van der Waals surface area contributed by atoms with E-state index in [1.807, 2.05) is 37.3 Å². The van der Waals surface area contributed by atoms with Gasteiger partial charge in [0.1, 0.15) is 17.0 Å². The van der Waals surface area contributed by atoms with E-state index in [-0.39, 0.29) is 5.91 Å². The van der Waals surface area contributed by atoms with Crippen LogP contribution in [0.25, 0.3) is 40.0 Å². The lowest BCUT2D eigenvalue weighted by atomic mass is 10.1. The maximum absolute atomic E-state index is 12.5. The van der Waals surface area contributed by atoms with Gasteiger partial charge in [0.25, 0.3) is 0 Å². The van der Waals surface area contributed by atoms with E-state index in [0.717, 1.165) is 11.1 Å². The van der Waals surface area contributed by atoms with Gasteiger partial charge in [-0.15, -0.1) is 0 Å². The molecule has 3 aromatic carbocycles. The van der Waals surface area contributed by atoms with Gasteiger partial charge in [0, 0.05) is 32.9 Å². The molecule has 2 aromatic heterocycles. The van der Waals surface area contributed by atoms with Crippen LogP contribution in [0, 0.1) is 6.92 Å². The topological polar surface area (TPSA) is 68.3 Å². The Morgan fingerprint density at radius 3 is 2.60 bits per heavy atom. The zero-order chi connectivity index (χ0) is 24.5. The number of hydrogen-bond donors (Lipinski definition) is 1. The minimum Gasteiger partial charge on any atom is -0.457 e. The molecule has 0 saturated heterocycles. The molecule has 2 heterocycles. The third-order valence-corrected chi connectivity index (χ3v) is 6.17. The summed E-state index contributed by atoms with van der Waals surface area (Å²) in [6, 6.07) is 19.8.